The number of hydrogen-bond acceptors (Lipinski definition) is 6. The van der Waals surface area contributed by atoms with Crippen molar-refractivity contribution in [3.8, 4) is 0 Å². The Bertz CT molecular complexity index is 764. The molecule has 0 atom stereocenters. The fraction of sp³-hybridized carbons (Fsp3) is 0.389. The number of carboxylic acid groups (broad SMARTS) is 1. The summed E-state index contributed by atoms with van der Waals surface area (Å²) in [7, 11) is 0. The average molecular weight is 377 g/mol. The summed E-state index contributed by atoms with van der Waals surface area (Å²) in [6.07, 6.45) is 2.31. The molecule has 132 valence electrons. The van der Waals surface area contributed by atoms with Crippen molar-refractivity contribution < 1.29 is 9.90 Å². The Hall–Kier alpha value is -1.79. The molecule has 1 aromatic carbocycles. The van der Waals surface area contributed by atoms with Crippen molar-refractivity contribution in [1.82, 2.24) is 9.97 Å². The molecule has 0 bridgehead atoms. The van der Waals surface area contributed by atoms with Crippen LogP contribution in [0.2, 0.25) is 5.15 Å². The lowest BCUT2D eigenvalue weighted by atomic mass is 9.99. The van der Waals surface area contributed by atoms with E-state index in [-0.39, 0.29) is 5.56 Å². The van der Waals surface area contributed by atoms with Crippen molar-refractivity contribution in [2.45, 2.75) is 30.7 Å². The van der Waals surface area contributed by atoms with E-state index >= 15 is 0 Å². The van der Waals surface area contributed by atoms with Crippen LogP contribution < -0.4 is 10.0 Å². The van der Waals surface area contributed by atoms with E-state index in [9.17, 15) is 9.90 Å². The summed E-state index contributed by atoms with van der Waals surface area (Å²) in [5.74, 6) is 1.00. The molecule has 1 saturated heterocycles. The molecule has 1 fully saturated rings. The number of benzene rings is 1. The van der Waals surface area contributed by atoms with Crippen LogP contribution in [0.1, 0.15) is 35.7 Å². The second-order valence-electron chi connectivity index (χ2n) is 6.28. The van der Waals surface area contributed by atoms with Gasteiger partial charge in [0, 0.05) is 24.9 Å². The number of anilines is 1. The molecule has 0 saturated carbocycles. The predicted octanol–water partition coefficient (Wildman–Crippen LogP) is 3.02. The molecule has 7 heteroatoms. The van der Waals surface area contributed by atoms with Crippen LogP contribution in [-0.2, 0) is 5.75 Å². The Labute approximate surface area is 156 Å². The first-order valence-corrected chi connectivity index (χ1v) is 9.60. The summed E-state index contributed by atoms with van der Waals surface area (Å²) in [6, 6.07) is 8.52. The standard InChI is InChI=1S/C18H20ClN3O2S/c1-12-5-7-22(8-6-12)16-10-15(19)20-18(21-16)25-11-13-3-2-4-14(9-13)17(23)24/h2-4,9-10,12H,5-8,11H2,1H3,(H,23,24)/p-1. The van der Waals surface area contributed by atoms with Crippen molar-refractivity contribution >= 4 is 35.1 Å². The Balaban J connectivity index is 1.70. The number of rotatable bonds is 5. The molecule has 0 radical (unpaired) electrons. The van der Waals surface area contributed by atoms with Gasteiger partial charge in [-0.15, -0.1) is 0 Å². The van der Waals surface area contributed by atoms with Gasteiger partial charge in [0.2, 0.25) is 0 Å². The fourth-order valence-electron chi connectivity index (χ4n) is 2.79. The summed E-state index contributed by atoms with van der Waals surface area (Å²) in [5.41, 5.74) is 1.05. The maximum Gasteiger partial charge on any atom is 0.191 e. The molecular weight excluding hydrogens is 358 g/mol. The minimum Gasteiger partial charge on any atom is -0.545 e. The van der Waals surface area contributed by atoms with Crippen molar-refractivity contribution in [3.05, 3.63) is 46.6 Å². The first-order valence-electron chi connectivity index (χ1n) is 8.24. The van der Waals surface area contributed by atoms with Gasteiger partial charge in [0.15, 0.2) is 5.16 Å². The maximum atomic E-state index is 10.9. The number of halogens is 1. The van der Waals surface area contributed by atoms with Crippen LogP contribution in [-0.4, -0.2) is 29.0 Å². The van der Waals surface area contributed by atoms with E-state index in [4.69, 9.17) is 11.6 Å². The Morgan fingerprint density at radius 1 is 1.32 bits per heavy atom. The second kappa shape index (κ2) is 8.06. The van der Waals surface area contributed by atoms with Gasteiger partial charge in [-0.2, -0.15) is 0 Å². The number of nitrogens with zero attached hydrogens (tertiary/aromatic N) is 3. The topological polar surface area (TPSA) is 69.2 Å². The van der Waals surface area contributed by atoms with E-state index in [0.717, 1.165) is 43.2 Å². The van der Waals surface area contributed by atoms with Gasteiger partial charge >= 0.3 is 0 Å². The molecule has 0 N–H and O–H groups in total. The lowest BCUT2D eigenvalue weighted by molar-refractivity contribution is -0.255. The number of aromatic carboxylic acids is 1. The maximum absolute atomic E-state index is 10.9. The normalized spacial score (nSPS) is 15.4. The number of carbonyl (C=O) groups excluding carboxylic acids is 1. The lowest BCUT2D eigenvalue weighted by Crippen LogP contribution is -2.33. The van der Waals surface area contributed by atoms with E-state index in [1.807, 2.05) is 6.07 Å². The second-order valence-corrected chi connectivity index (χ2v) is 7.61. The van der Waals surface area contributed by atoms with E-state index < -0.39 is 5.97 Å². The van der Waals surface area contributed by atoms with Crippen molar-refractivity contribution in [2.75, 3.05) is 18.0 Å². The summed E-state index contributed by atoms with van der Waals surface area (Å²) in [5, 5.41) is 12.0. The van der Waals surface area contributed by atoms with Gasteiger partial charge in [0.1, 0.15) is 11.0 Å². The van der Waals surface area contributed by atoms with Crippen LogP contribution in [0.25, 0.3) is 0 Å². The highest BCUT2D eigenvalue weighted by Gasteiger charge is 2.18. The van der Waals surface area contributed by atoms with Crippen LogP contribution in [0.4, 0.5) is 5.82 Å². The minimum atomic E-state index is -1.17. The zero-order chi connectivity index (χ0) is 17.8. The number of thioether (sulfide) groups is 1. The van der Waals surface area contributed by atoms with Crippen molar-refractivity contribution in [2.24, 2.45) is 5.92 Å². The summed E-state index contributed by atoms with van der Waals surface area (Å²) >= 11 is 7.61. The fourth-order valence-corrected chi connectivity index (χ4v) is 3.81. The molecule has 1 aliphatic heterocycles. The SMILES string of the molecule is CC1CCN(c2cc(Cl)nc(SCc3cccc(C(=O)[O-])c3)n2)CC1. The van der Waals surface area contributed by atoms with Crippen LogP contribution in [0.5, 0.6) is 0 Å². The van der Waals surface area contributed by atoms with Gasteiger partial charge in [-0.05, 0) is 36.0 Å². The first-order chi connectivity index (χ1) is 12.0. The molecule has 0 amide bonds. The van der Waals surface area contributed by atoms with Crippen molar-refractivity contribution in [1.29, 1.82) is 0 Å². The highest BCUT2D eigenvalue weighted by atomic mass is 35.5. The van der Waals surface area contributed by atoms with Gasteiger partial charge in [0.25, 0.3) is 0 Å². The molecular formula is C18H19ClN3O2S-. The smallest absolute Gasteiger partial charge is 0.191 e. The van der Waals surface area contributed by atoms with E-state index in [0.29, 0.717) is 16.1 Å². The minimum absolute atomic E-state index is 0.174. The van der Waals surface area contributed by atoms with Gasteiger partial charge in [-0.1, -0.05) is 48.5 Å². The van der Waals surface area contributed by atoms with Gasteiger partial charge in [-0.25, -0.2) is 9.97 Å². The zero-order valence-electron chi connectivity index (χ0n) is 13.9. The average Bonchev–Trinajstić information content (AvgIpc) is 2.60. The highest BCUT2D eigenvalue weighted by molar-refractivity contribution is 7.98. The molecule has 1 aliphatic rings. The number of hydrogen-bond donors (Lipinski definition) is 0. The number of carbonyl (C=O) groups is 1. The predicted molar refractivity (Wildman–Crippen MR) is 98.0 cm³/mol. The van der Waals surface area contributed by atoms with Crippen molar-refractivity contribution in [3.63, 3.8) is 0 Å². The van der Waals surface area contributed by atoms with E-state index in [2.05, 4.69) is 21.8 Å². The highest BCUT2D eigenvalue weighted by Crippen LogP contribution is 2.27. The zero-order valence-corrected chi connectivity index (χ0v) is 15.5. The molecule has 25 heavy (non-hydrogen) atoms. The lowest BCUT2D eigenvalue weighted by Gasteiger charge is -2.31. The van der Waals surface area contributed by atoms with Gasteiger partial charge in [-0.3, -0.25) is 0 Å². The molecule has 2 heterocycles. The number of carboxylic acids is 1. The molecule has 2 aromatic rings. The third-order valence-corrected chi connectivity index (χ3v) is 5.41. The van der Waals surface area contributed by atoms with Crippen LogP contribution >= 0.6 is 23.4 Å². The third kappa shape index (κ3) is 4.86. The molecule has 3 rings (SSSR count). The monoisotopic (exact) mass is 376 g/mol. The van der Waals surface area contributed by atoms with E-state index in [1.54, 1.807) is 18.2 Å². The summed E-state index contributed by atoms with van der Waals surface area (Å²) in [4.78, 5) is 22.1. The summed E-state index contributed by atoms with van der Waals surface area (Å²) in [6.45, 7) is 4.23. The molecule has 0 spiro atoms. The Morgan fingerprint density at radius 2 is 2.08 bits per heavy atom. The Morgan fingerprint density at radius 3 is 2.80 bits per heavy atom. The summed E-state index contributed by atoms with van der Waals surface area (Å²) < 4.78 is 0. The van der Waals surface area contributed by atoms with Gasteiger partial charge in [0.05, 0.1) is 5.97 Å². The van der Waals surface area contributed by atoms with Crippen LogP contribution in [0.3, 0.4) is 0 Å². The molecule has 0 unspecified atom stereocenters. The third-order valence-electron chi connectivity index (χ3n) is 4.30. The molecule has 0 aliphatic carbocycles. The number of piperidine rings is 1. The van der Waals surface area contributed by atoms with E-state index in [1.165, 1.54) is 17.8 Å². The molecule has 1 aromatic heterocycles. The van der Waals surface area contributed by atoms with Crippen LogP contribution in [0.15, 0.2) is 35.5 Å². The first kappa shape index (κ1) is 18.0. The van der Waals surface area contributed by atoms with Gasteiger partial charge < -0.3 is 14.8 Å². The Kier molecular flexibility index (Phi) is 5.81. The quantitative estimate of drug-likeness (QED) is 0.454. The number of aromatic nitrogens is 2. The van der Waals surface area contributed by atoms with Crippen LogP contribution in [0, 0.1) is 5.92 Å². The molecule has 5 nitrogen and oxygen atoms in total. The largest absolute Gasteiger partial charge is 0.545 e.